The van der Waals surface area contributed by atoms with E-state index in [1.165, 1.54) is 10.5 Å². The lowest BCUT2D eigenvalue weighted by Gasteiger charge is -2.43. The second-order valence-electron chi connectivity index (χ2n) is 12.4. The van der Waals surface area contributed by atoms with Gasteiger partial charge < -0.3 is 30.2 Å². The molecular formula is C30H34N6O6. The molecule has 6 rings (SSSR count). The monoisotopic (exact) mass is 574 g/mol. The number of benzene rings is 1. The number of nitrogens with zero attached hydrogens (tertiary/aromatic N) is 3. The van der Waals surface area contributed by atoms with Crippen molar-refractivity contribution in [3.8, 4) is 11.8 Å². The number of amides is 3. The molecule has 3 N–H and O–H groups in total. The van der Waals surface area contributed by atoms with Crippen LogP contribution in [0.4, 0.5) is 21.2 Å². The molecule has 2 aliphatic heterocycles. The third kappa shape index (κ3) is 5.44. The van der Waals surface area contributed by atoms with Crippen LogP contribution in [-0.2, 0) is 27.1 Å². The first kappa shape index (κ1) is 27.8. The zero-order chi connectivity index (χ0) is 29.6. The third-order valence-corrected chi connectivity index (χ3v) is 8.22. The van der Waals surface area contributed by atoms with Crippen molar-refractivity contribution in [2.75, 3.05) is 23.4 Å². The lowest BCUT2D eigenvalue weighted by Crippen LogP contribution is -2.61. The lowest BCUT2D eigenvalue weighted by atomic mass is 9.77. The van der Waals surface area contributed by atoms with Gasteiger partial charge in [-0.2, -0.15) is 5.26 Å². The molecule has 4 aliphatic rings. The number of pyridine rings is 1. The van der Waals surface area contributed by atoms with Crippen molar-refractivity contribution < 1.29 is 28.6 Å². The Morgan fingerprint density at radius 1 is 1.21 bits per heavy atom. The van der Waals surface area contributed by atoms with Crippen LogP contribution >= 0.6 is 0 Å². The van der Waals surface area contributed by atoms with Gasteiger partial charge in [0.05, 0.1) is 24.2 Å². The summed E-state index contributed by atoms with van der Waals surface area (Å²) in [4.78, 5) is 43.9. The molecule has 1 aromatic carbocycles. The molecular weight excluding hydrogens is 540 g/mol. The predicted molar refractivity (Wildman–Crippen MR) is 151 cm³/mol. The van der Waals surface area contributed by atoms with Crippen molar-refractivity contribution in [3.63, 3.8) is 0 Å². The number of nitriles is 1. The Morgan fingerprint density at radius 3 is 2.83 bits per heavy atom. The first-order chi connectivity index (χ1) is 20.0. The van der Waals surface area contributed by atoms with Gasteiger partial charge in [-0.25, -0.2) is 14.6 Å². The molecule has 3 heterocycles. The molecule has 2 fully saturated rings. The van der Waals surface area contributed by atoms with Crippen molar-refractivity contribution in [3.05, 3.63) is 47.0 Å². The quantitative estimate of drug-likeness (QED) is 0.499. The zero-order valence-corrected chi connectivity index (χ0v) is 23.9. The number of fused-ring (bicyclic) bond motifs is 2. The molecule has 1 spiro atoms. The minimum Gasteiger partial charge on any atom is -0.480 e. The van der Waals surface area contributed by atoms with Crippen LogP contribution in [0.3, 0.4) is 0 Å². The van der Waals surface area contributed by atoms with E-state index in [2.05, 4.69) is 33.1 Å². The number of hydrogen-bond donors (Lipinski definition) is 3. The molecule has 0 bridgehead atoms. The fourth-order valence-electron chi connectivity index (χ4n) is 6.39. The Morgan fingerprint density at radius 2 is 2.05 bits per heavy atom. The third-order valence-electron chi connectivity index (χ3n) is 8.22. The van der Waals surface area contributed by atoms with Gasteiger partial charge in [-0.3, -0.25) is 9.69 Å². The van der Waals surface area contributed by atoms with E-state index in [1.807, 2.05) is 12.1 Å². The van der Waals surface area contributed by atoms with Crippen molar-refractivity contribution in [2.24, 2.45) is 0 Å². The van der Waals surface area contributed by atoms with E-state index in [4.69, 9.17) is 14.2 Å². The summed E-state index contributed by atoms with van der Waals surface area (Å²) in [5.74, 6) is 0.655. The smallest absolute Gasteiger partial charge is 0.416 e. The van der Waals surface area contributed by atoms with Gasteiger partial charge in [0, 0.05) is 12.1 Å². The van der Waals surface area contributed by atoms with Gasteiger partial charge in [0.15, 0.2) is 23.8 Å². The molecule has 2 aliphatic carbocycles. The summed E-state index contributed by atoms with van der Waals surface area (Å²) in [5.41, 5.74) is 1.28. The number of rotatable bonds is 4. The Kier molecular flexibility index (Phi) is 6.93. The van der Waals surface area contributed by atoms with Crippen molar-refractivity contribution in [1.82, 2.24) is 15.6 Å². The highest BCUT2D eigenvalue weighted by molar-refractivity contribution is 5.95. The van der Waals surface area contributed by atoms with Crippen LogP contribution < -0.4 is 25.6 Å². The van der Waals surface area contributed by atoms with E-state index in [-0.39, 0.29) is 37.0 Å². The maximum absolute atomic E-state index is 13.2. The van der Waals surface area contributed by atoms with Crippen LogP contribution in [0.2, 0.25) is 0 Å². The molecule has 4 atom stereocenters. The number of anilines is 2. The minimum atomic E-state index is -1.00. The minimum absolute atomic E-state index is 0.0439. The maximum atomic E-state index is 13.2. The summed E-state index contributed by atoms with van der Waals surface area (Å²) >= 11 is 0. The SMILES string of the molecule is CC(C)(C)OC(=O)NC1CC(NC2Cc3cccc(C#N)c3C2)CCC12CN(c1ccc3c(n1)NC(=O)CO3)C(=O)O2. The average molecular weight is 575 g/mol. The largest absolute Gasteiger partial charge is 0.480 e. The van der Waals surface area contributed by atoms with Crippen LogP contribution in [0.25, 0.3) is 0 Å². The van der Waals surface area contributed by atoms with Crippen molar-refractivity contribution >= 4 is 29.7 Å². The van der Waals surface area contributed by atoms with Crippen molar-refractivity contribution in [1.29, 1.82) is 5.26 Å². The number of alkyl carbamates (subject to hydrolysis) is 1. The second-order valence-corrected chi connectivity index (χ2v) is 12.4. The van der Waals surface area contributed by atoms with Crippen LogP contribution in [0.15, 0.2) is 30.3 Å². The normalized spacial score (nSPS) is 26.4. The molecule has 12 nitrogen and oxygen atoms in total. The first-order valence-electron chi connectivity index (χ1n) is 14.2. The van der Waals surface area contributed by atoms with Gasteiger partial charge in [-0.1, -0.05) is 12.1 Å². The number of carbonyl (C=O) groups is 3. The molecule has 2 aromatic rings. The summed E-state index contributed by atoms with van der Waals surface area (Å²) in [6.45, 7) is 5.45. The molecule has 0 radical (unpaired) electrons. The van der Waals surface area contributed by atoms with Crippen LogP contribution in [0, 0.1) is 11.3 Å². The van der Waals surface area contributed by atoms with E-state index >= 15 is 0 Å². The highest BCUT2D eigenvalue weighted by Crippen LogP contribution is 2.40. The number of carbonyl (C=O) groups excluding carboxylic acids is 3. The fraction of sp³-hybridized carbons (Fsp3) is 0.500. The molecule has 220 valence electrons. The molecule has 1 saturated carbocycles. The molecule has 3 amide bonds. The maximum Gasteiger partial charge on any atom is 0.416 e. The van der Waals surface area contributed by atoms with E-state index in [1.54, 1.807) is 32.9 Å². The predicted octanol–water partition coefficient (Wildman–Crippen LogP) is 3.18. The summed E-state index contributed by atoms with van der Waals surface area (Å²) in [6.07, 6.45) is 2.15. The zero-order valence-electron chi connectivity index (χ0n) is 23.9. The Labute approximate surface area is 243 Å². The highest BCUT2D eigenvalue weighted by Gasteiger charge is 2.55. The van der Waals surface area contributed by atoms with Gasteiger partial charge in [0.2, 0.25) is 0 Å². The number of aromatic nitrogens is 1. The Balaban J connectivity index is 1.20. The van der Waals surface area contributed by atoms with E-state index in [0.29, 0.717) is 36.4 Å². The van der Waals surface area contributed by atoms with Crippen LogP contribution in [-0.4, -0.2) is 65.6 Å². The van der Waals surface area contributed by atoms with Gasteiger partial charge in [0.25, 0.3) is 5.91 Å². The number of ether oxygens (including phenoxy) is 3. The van der Waals surface area contributed by atoms with Gasteiger partial charge in [-0.15, -0.1) is 0 Å². The Hall–Kier alpha value is -4.37. The summed E-state index contributed by atoms with van der Waals surface area (Å²) < 4.78 is 17.0. The van der Waals surface area contributed by atoms with Crippen LogP contribution in [0.1, 0.15) is 56.7 Å². The standard InChI is InChI=1S/C30H34N6O6/c1-29(2,3)41-27(38)33-23-13-19(32-20-11-17-5-4-6-18(14-31)21(17)12-20)9-10-30(23)16-36(28(39)42-30)24-8-7-22-26(34-24)35-25(37)15-40-22/h4-8,19-20,23,32H,9-13,15-16H2,1-3H3,(H,33,38)(H,34,35,37). The molecule has 4 unspecified atom stereocenters. The Bertz CT molecular complexity index is 1480. The number of nitrogens with one attached hydrogen (secondary N) is 3. The van der Waals surface area contributed by atoms with Gasteiger partial charge in [0.1, 0.15) is 11.4 Å². The number of hydrogen-bond acceptors (Lipinski definition) is 9. The molecule has 1 saturated heterocycles. The van der Waals surface area contributed by atoms with Crippen molar-refractivity contribution in [2.45, 2.75) is 82.2 Å². The van der Waals surface area contributed by atoms with Gasteiger partial charge >= 0.3 is 12.2 Å². The lowest BCUT2D eigenvalue weighted by molar-refractivity contribution is -0.118. The summed E-state index contributed by atoms with van der Waals surface area (Å²) in [6, 6.07) is 11.1. The van der Waals surface area contributed by atoms with Gasteiger partial charge in [-0.05, 0) is 82.2 Å². The summed E-state index contributed by atoms with van der Waals surface area (Å²) in [7, 11) is 0. The fourth-order valence-corrected chi connectivity index (χ4v) is 6.39. The van der Waals surface area contributed by atoms with E-state index in [9.17, 15) is 19.6 Å². The first-order valence-corrected chi connectivity index (χ1v) is 14.2. The topological polar surface area (TPSA) is 155 Å². The van der Waals surface area contributed by atoms with Crippen LogP contribution in [0.5, 0.6) is 5.75 Å². The average Bonchev–Trinajstić information content (AvgIpc) is 3.49. The van der Waals surface area contributed by atoms with E-state index < -0.39 is 29.4 Å². The van der Waals surface area contributed by atoms with E-state index in [0.717, 1.165) is 18.4 Å². The molecule has 12 heteroatoms. The molecule has 1 aromatic heterocycles. The molecule has 42 heavy (non-hydrogen) atoms. The summed E-state index contributed by atoms with van der Waals surface area (Å²) in [5, 5.41) is 18.9. The second kappa shape index (κ2) is 10.5. The highest BCUT2D eigenvalue weighted by atomic mass is 16.6.